The van der Waals surface area contributed by atoms with Crippen molar-refractivity contribution in [2.45, 2.75) is 31.6 Å². The average Bonchev–Trinajstić information content (AvgIpc) is 3.14. The quantitative estimate of drug-likeness (QED) is 0.730. The molecule has 4 atom stereocenters. The second-order valence-electron chi connectivity index (χ2n) is 8.13. The van der Waals surface area contributed by atoms with Crippen LogP contribution in [0.25, 0.3) is 0 Å². The van der Waals surface area contributed by atoms with Crippen LogP contribution >= 0.6 is 0 Å². The molecule has 2 heterocycles. The van der Waals surface area contributed by atoms with Gasteiger partial charge < -0.3 is 19.3 Å². The van der Waals surface area contributed by atoms with Crippen LogP contribution in [-0.4, -0.2) is 60.5 Å². The number of carbonyl (C=O) groups is 1. The number of aliphatic hydroxyl groups excluding tert-OH is 1. The minimum Gasteiger partial charge on any atom is -0.488 e. The van der Waals surface area contributed by atoms with Crippen LogP contribution in [0, 0.1) is 11.8 Å². The van der Waals surface area contributed by atoms with Crippen LogP contribution in [0.4, 0.5) is 0 Å². The van der Waals surface area contributed by atoms with E-state index >= 15 is 0 Å². The van der Waals surface area contributed by atoms with Crippen molar-refractivity contribution in [3.8, 4) is 11.6 Å². The van der Waals surface area contributed by atoms with Crippen LogP contribution in [0.2, 0.25) is 0 Å². The van der Waals surface area contributed by atoms with Gasteiger partial charge in [0.1, 0.15) is 11.9 Å². The summed E-state index contributed by atoms with van der Waals surface area (Å²) >= 11 is 0. The molecule has 1 N–H and O–H groups in total. The third kappa shape index (κ3) is 4.57. The van der Waals surface area contributed by atoms with Crippen molar-refractivity contribution in [2.24, 2.45) is 11.8 Å². The highest BCUT2D eigenvalue weighted by atomic mass is 16.5. The highest BCUT2D eigenvalue weighted by Gasteiger charge is 2.42. The van der Waals surface area contributed by atoms with Gasteiger partial charge in [0, 0.05) is 31.9 Å². The minimum atomic E-state index is -0.493. The lowest BCUT2D eigenvalue weighted by atomic mass is 9.78. The Bertz CT molecular complexity index is 872. The fourth-order valence-corrected chi connectivity index (χ4v) is 4.62. The first-order chi connectivity index (χ1) is 14.6. The first-order valence-corrected chi connectivity index (χ1v) is 10.3. The molecule has 2 fully saturated rings. The predicted octanol–water partition coefficient (Wildman–Crippen LogP) is 2.53. The third-order valence-corrected chi connectivity index (χ3v) is 6.14. The molecule has 7 heteroatoms. The van der Waals surface area contributed by atoms with Crippen molar-refractivity contribution in [2.75, 3.05) is 27.3 Å². The maximum absolute atomic E-state index is 11.6. The third-order valence-electron chi connectivity index (χ3n) is 6.14. The molecule has 1 aliphatic carbocycles. The Hall–Kier alpha value is -2.64. The van der Waals surface area contributed by atoms with Gasteiger partial charge in [-0.15, -0.1) is 0 Å². The van der Waals surface area contributed by atoms with Crippen molar-refractivity contribution < 1.29 is 24.1 Å². The molecule has 1 saturated carbocycles. The molecule has 1 aromatic heterocycles. The molecule has 30 heavy (non-hydrogen) atoms. The number of aromatic nitrogens is 1. The molecule has 0 radical (unpaired) electrons. The molecule has 7 nitrogen and oxygen atoms in total. The van der Waals surface area contributed by atoms with Crippen LogP contribution in [0.1, 0.15) is 28.8 Å². The van der Waals surface area contributed by atoms with Gasteiger partial charge in [-0.1, -0.05) is 0 Å². The van der Waals surface area contributed by atoms with Gasteiger partial charge in [0.2, 0.25) is 5.88 Å². The number of methoxy groups -OCH3 is 2. The van der Waals surface area contributed by atoms with E-state index in [-0.39, 0.29) is 12.1 Å². The van der Waals surface area contributed by atoms with Crippen molar-refractivity contribution >= 4 is 5.97 Å². The SMILES string of the molecule is COC(=O)c1ccc(O[C@@H]2C[C@@H]3CN(Cc4ccnc(OC)c4)C[C@@H]3C[C@H]2O)cc1. The second kappa shape index (κ2) is 9.02. The number of carbonyl (C=O) groups excluding carboxylic acids is 1. The molecule has 2 aliphatic rings. The summed E-state index contributed by atoms with van der Waals surface area (Å²) in [5, 5.41) is 10.7. The standard InChI is InChI=1S/C23H28N2O5/c1-28-22-9-15(7-8-24-22)12-25-13-17-10-20(26)21(11-18(17)14-25)30-19-5-3-16(4-6-19)23(27)29-2/h3-9,17-18,20-21,26H,10-14H2,1-2H3/t17-,18+,20+,21+/m0/s1. The maximum atomic E-state index is 11.6. The van der Waals surface area contributed by atoms with Gasteiger partial charge in [-0.2, -0.15) is 0 Å². The van der Waals surface area contributed by atoms with E-state index in [0.29, 0.717) is 29.0 Å². The van der Waals surface area contributed by atoms with Crippen LogP contribution in [-0.2, 0) is 11.3 Å². The fraction of sp³-hybridized carbons (Fsp3) is 0.478. The first-order valence-electron chi connectivity index (χ1n) is 10.3. The number of esters is 1. The molecule has 160 valence electrons. The molecule has 1 aromatic carbocycles. The van der Waals surface area contributed by atoms with Crippen molar-refractivity contribution in [1.29, 1.82) is 0 Å². The Labute approximate surface area is 176 Å². The number of nitrogens with zero attached hydrogens (tertiary/aromatic N) is 2. The largest absolute Gasteiger partial charge is 0.488 e. The maximum Gasteiger partial charge on any atom is 0.337 e. The molecule has 0 spiro atoms. The molecular weight excluding hydrogens is 384 g/mol. The Balaban J connectivity index is 1.35. The lowest BCUT2D eigenvalue weighted by Crippen LogP contribution is -2.42. The van der Waals surface area contributed by atoms with E-state index in [4.69, 9.17) is 14.2 Å². The molecule has 0 amide bonds. The Morgan fingerprint density at radius 3 is 2.57 bits per heavy atom. The van der Waals surface area contributed by atoms with E-state index in [1.165, 1.54) is 12.7 Å². The van der Waals surface area contributed by atoms with E-state index in [2.05, 4.69) is 9.88 Å². The molecule has 0 unspecified atom stereocenters. The number of pyridine rings is 1. The number of hydrogen-bond acceptors (Lipinski definition) is 7. The van der Waals surface area contributed by atoms with Gasteiger partial charge in [-0.05, 0) is 60.6 Å². The van der Waals surface area contributed by atoms with E-state index in [1.54, 1.807) is 37.6 Å². The average molecular weight is 412 g/mol. The lowest BCUT2D eigenvalue weighted by Gasteiger charge is -2.35. The van der Waals surface area contributed by atoms with Crippen LogP contribution in [0.15, 0.2) is 42.6 Å². The molecule has 4 rings (SSSR count). The number of hydrogen-bond donors (Lipinski definition) is 1. The summed E-state index contributed by atoms with van der Waals surface area (Å²) in [5.74, 6) is 1.89. The van der Waals surface area contributed by atoms with Crippen molar-refractivity contribution in [3.05, 3.63) is 53.7 Å². The number of aliphatic hydroxyl groups is 1. The summed E-state index contributed by atoms with van der Waals surface area (Å²) in [6.07, 6.45) is 2.60. The molecular formula is C23H28N2O5. The summed E-state index contributed by atoms with van der Waals surface area (Å²) in [7, 11) is 2.98. The highest BCUT2D eigenvalue weighted by Crippen LogP contribution is 2.38. The normalized spacial score (nSPS) is 26.1. The Kier molecular flexibility index (Phi) is 6.20. The minimum absolute atomic E-state index is 0.240. The van der Waals surface area contributed by atoms with E-state index in [0.717, 1.165) is 32.5 Å². The zero-order chi connectivity index (χ0) is 21.1. The van der Waals surface area contributed by atoms with Crippen molar-refractivity contribution in [1.82, 2.24) is 9.88 Å². The first kappa shape index (κ1) is 20.6. The van der Waals surface area contributed by atoms with Crippen LogP contribution < -0.4 is 9.47 Å². The summed E-state index contributed by atoms with van der Waals surface area (Å²) in [4.78, 5) is 18.2. The van der Waals surface area contributed by atoms with Crippen molar-refractivity contribution in [3.63, 3.8) is 0 Å². The highest BCUT2D eigenvalue weighted by molar-refractivity contribution is 5.89. The fourth-order valence-electron chi connectivity index (χ4n) is 4.62. The number of likely N-dealkylation sites (tertiary alicyclic amines) is 1. The predicted molar refractivity (Wildman–Crippen MR) is 110 cm³/mol. The molecule has 1 saturated heterocycles. The number of ether oxygens (including phenoxy) is 3. The molecule has 2 aromatic rings. The Morgan fingerprint density at radius 2 is 1.87 bits per heavy atom. The van der Waals surface area contributed by atoms with Gasteiger partial charge >= 0.3 is 5.97 Å². The monoisotopic (exact) mass is 412 g/mol. The second-order valence-corrected chi connectivity index (χ2v) is 8.13. The van der Waals surface area contributed by atoms with Gasteiger partial charge in [-0.3, -0.25) is 4.90 Å². The van der Waals surface area contributed by atoms with Gasteiger partial charge in [0.25, 0.3) is 0 Å². The molecule has 1 aliphatic heterocycles. The summed E-state index contributed by atoms with van der Waals surface area (Å²) in [5.41, 5.74) is 1.66. The van der Waals surface area contributed by atoms with E-state index in [1.807, 2.05) is 12.1 Å². The summed E-state index contributed by atoms with van der Waals surface area (Å²) in [6, 6.07) is 10.9. The number of fused-ring (bicyclic) bond motifs is 1. The van der Waals surface area contributed by atoms with E-state index < -0.39 is 6.10 Å². The van der Waals surface area contributed by atoms with Crippen LogP contribution in [0.3, 0.4) is 0 Å². The van der Waals surface area contributed by atoms with Gasteiger partial charge in [-0.25, -0.2) is 9.78 Å². The number of rotatable bonds is 6. The van der Waals surface area contributed by atoms with E-state index in [9.17, 15) is 9.90 Å². The molecule has 0 bridgehead atoms. The smallest absolute Gasteiger partial charge is 0.337 e. The zero-order valence-electron chi connectivity index (χ0n) is 17.4. The summed E-state index contributed by atoms with van der Waals surface area (Å²) in [6.45, 7) is 2.82. The van der Waals surface area contributed by atoms with Gasteiger partial charge in [0.05, 0.1) is 25.9 Å². The van der Waals surface area contributed by atoms with Gasteiger partial charge in [0.15, 0.2) is 0 Å². The van der Waals surface area contributed by atoms with Crippen LogP contribution in [0.5, 0.6) is 11.6 Å². The zero-order valence-corrected chi connectivity index (χ0v) is 17.4. The Morgan fingerprint density at radius 1 is 1.13 bits per heavy atom. The number of benzene rings is 1. The lowest BCUT2D eigenvalue weighted by molar-refractivity contribution is -0.0231. The topological polar surface area (TPSA) is 81.1 Å². The summed E-state index contributed by atoms with van der Waals surface area (Å²) < 4.78 is 16.0.